The summed E-state index contributed by atoms with van der Waals surface area (Å²) < 4.78 is 21.6. The van der Waals surface area contributed by atoms with Gasteiger partial charge in [0.2, 0.25) is 5.91 Å². The van der Waals surface area contributed by atoms with Crippen molar-refractivity contribution in [2.75, 3.05) is 11.9 Å². The Morgan fingerprint density at radius 2 is 1.46 bits per heavy atom. The van der Waals surface area contributed by atoms with Crippen LogP contribution in [0.4, 0.5) is 10.1 Å². The lowest BCUT2D eigenvalue weighted by atomic mass is 9.90. The number of amides is 1. The number of ether oxygens (including phenoxy) is 1. The second-order valence-corrected chi connectivity index (χ2v) is 8.33. The average Bonchev–Trinajstić information content (AvgIpc) is 3.34. The molecular formula is C30H25FN4O2. The molecule has 0 fully saturated rings. The smallest absolute Gasteiger partial charge is 0.336 e. The molecule has 0 unspecified atom stereocenters. The Hall–Kier alpha value is -4.78. The van der Waals surface area contributed by atoms with E-state index in [2.05, 4.69) is 15.4 Å². The summed E-state index contributed by atoms with van der Waals surface area (Å²) in [4.78, 5) is 17.8. The van der Waals surface area contributed by atoms with Gasteiger partial charge in [-0.1, -0.05) is 72.8 Å². The van der Waals surface area contributed by atoms with Crippen LogP contribution in [0.1, 0.15) is 24.0 Å². The fourth-order valence-corrected chi connectivity index (χ4v) is 4.17. The van der Waals surface area contributed by atoms with Crippen molar-refractivity contribution in [2.24, 2.45) is 0 Å². The van der Waals surface area contributed by atoms with Gasteiger partial charge in [0.15, 0.2) is 5.82 Å². The fraction of sp³-hybridized carbons (Fsp3) is 0.100. The fourth-order valence-electron chi connectivity index (χ4n) is 4.17. The van der Waals surface area contributed by atoms with E-state index >= 15 is 0 Å². The van der Waals surface area contributed by atoms with Crippen molar-refractivity contribution >= 4 is 11.6 Å². The Balaban J connectivity index is 1.43. The van der Waals surface area contributed by atoms with Crippen LogP contribution in [0, 0.1) is 5.82 Å². The van der Waals surface area contributed by atoms with E-state index in [-0.39, 0.29) is 11.9 Å². The maximum absolute atomic E-state index is 14.6. The normalized spacial score (nSPS) is 10.9. The lowest BCUT2D eigenvalue weighted by Crippen LogP contribution is -2.22. The molecule has 0 atom stereocenters. The molecule has 1 heterocycles. The Bertz CT molecular complexity index is 1450. The number of nitrogens with zero attached hydrogens (tertiary/aromatic N) is 3. The molecule has 5 rings (SSSR count). The zero-order valence-electron chi connectivity index (χ0n) is 20.2. The number of hydrogen-bond acceptors (Lipinski definition) is 4. The van der Waals surface area contributed by atoms with Crippen molar-refractivity contribution in [3.8, 4) is 23.1 Å². The van der Waals surface area contributed by atoms with Gasteiger partial charge in [-0.2, -0.15) is 4.98 Å². The Morgan fingerprint density at radius 3 is 2.05 bits per heavy atom. The van der Waals surface area contributed by atoms with Crippen LogP contribution in [0.15, 0.2) is 109 Å². The van der Waals surface area contributed by atoms with Crippen molar-refractivity contribution in [1.29, 1.82) is 0 Å². The molecule has 0 saturated heterocycles. The zero-order chi connectivity index (χ0) is 25.6. The van der Waals surface area contributed by atoms with Crippen LogP contribution in [0.5, 0.6) is 6.01 Å². The van der Waals surface area contributed by atoms with Gasteiger partial charge in [0, 0.05) is 5.69 Å². The number of hydrogen-bond donors (Lipinski definition) is 1. The van der Waals surface area contributed by atoms with E-state index in [0.717, 1.165) is 11.1 Å². The van der Waals surface area contributed by atoms with Crippen LogP contribution in [0.2, 0.25) is 0 Å². The topological polar surface area (TPSA) is 69.0 Å². The van der Waals surface area contributed by atoms with Crippen LogP contribution in [-0.4, -0.2) is 27.3 Å². The van der Waals surface area contributed by atoms with Crippen molar-refractivity contribution in [3.05, 3.63) is 126 Å². The summed E-state index contributed by atoms with van der Waals surface area (Å²) in [6.07, 6.45) is 0. The van der Waals surface area contributed by atoms with Crippen LogP contribution < -0.4 is 10.1 Å². The van der Waals surface area contributed by atoms with Crippen molar-refractivity contribution < 1.29 is 13.9 Å². The standard InChI is InChI=1S/C30H25FN4O2/c1-2-37-30-33-28(25-15-9-10-16-26(25)31)35(34-30)24-19-17-23(18-20-24)32-29(36)27(21-11-5-3-6-12-21)22-13-7-4-8-14-22/h3-20,27H,2H2,1H3,(H,32,36). The minimum absolute atomic E-state index is 0.142. The third-order valence-electron chi connectivity index (χ3n) is 5.88. The maximum atomic E-state index is 14.6. The summed E-state index contributed by atoms with van der Waals surface area (Å²) in [5, 5.41) is 7.44. The highest BCUT2D eigenvalue weighted by Crippen LogP contribution is 2.28. The number of anilines is 1. The summed E-state index contributed by atoms with van der Waals surface area (Å²) in [7, 11) is 0. The van der Waals surface area contributed by atoms with Crippen LogP contribution >= 0.6 is 0 Å². The number of benzene rings is 4. The second-order valence-electron chi connectivity index (χ2n) is 8.33. The first-order chi connectivity index (χ1) is 18.1. The predicted octanol–water partition coefficient (Wildman–Crippen LogP) is 6.24. The molecule has 4 aromatic carbocycles. The van der Waals surface area contributed by atoms with Crippen molar-refractivity contribution in [3.63, 3.8) is 0 Å². The molecule has 0 radical (unpaired) electrons. The number of carbonyl (C=O) groups is 1. The minimum atomic E-state index is -0.459. The molecule has 0 aliphatic carbocycles. The van der Waals surface area contributed by atoms with Gasteiger partial charge in [-0.05, 0) is 54.4 Å². The Morgan fingerprint density at radius 1 is 0.865 bits per heavy atom. The van der Waals surface area contributed by atoms with E-state index in [4.69, 9.17) is 4.74 Å². The largest absolute Gasteiger partial charge is 0.463 e. The molecule has 1 N–H and O–H groups in total. The average molecular weight is 493 g/mol. The summed E-state index contributed by atoms with van der Waals surface area (Å²) in [6, 6.07) is 33.1. The molecule has 0 aliphatic rings. The quantitative estimate of drug-likeness (QED) is 0.278. The molecule has 0 spiro atoms. The van der Waals surface area contributed by atoms with Gasteiger partial charge in [-0.3, -0.25) is 4.79 Å². The molecule has 0 bridgehead atoms. The number of nitrogens with one attached hydrogen (secondary N) is 1. The van der Waals surface area contributed by atoms with E-state index in [1.807, 2.05) is 67.6 Å². The Kier molecular flexibility index (Phi) is 7.03. The molecule has 184 valence electrons. The van der Waals surface area contributed by atoms with E-state index < -0.39 is 11.7 Å². The van der Waals surface area contributed by atoms with E-state index in [9.17, 15) is 9.18 Å². The van der Waals surface area contributed by atoms with Crippen molar-refractivity contribution in [1.82, 2.24) is 14.8 Å². The van der Waals surface area contributed by atoms with Gasteiger partial charge in [-0.25, -0.2) is 9.07 Å². The van der Waals surface area contributed by atoms with E-state index in [1.165, 1.54) is 10.7 Å². The zero-order valence-corrected chi connectivity index (χ0v) is 20.2. The van der Waals surface area contributed by atoms with Gasteiger partial charge >= 0.3 is 6.01 Å². The second kappa shape index (κ2) is 10.9. The summed E-state index contributed by atoms with van der Waals surface area (Å²) in [5.41, 5.74) is 3.40. The molecule has 1 aromatic heterocycles. The SMILES string of the molecule is CCOc1nc(-c2ccccc2F)n(-c2ccc(NC(=O)C(c3ccccc3)c3ccccc3)cc2)n1. The molecule has 37 heavy (non-hydrogen) atoms. The summed E-state index contributed by atoms with van der Waals surface area (Å²) >= 11 is 0. The number of carbonyl (C=O) groups excluding carboxylic acids is 1. The first kappa shape index (κ1) is 23.9. The molecule has 0 saturated carbocycles. The maximum Gasteiger partial charge on any atom is 0.336 e. The number of rotatable bonds is 8. The van der Waals surface area contributed by atoms with Gasteiger partial charge in [-0.15, -0.1) is 5.10 Å². The van der Waals surface area contributed by atoms with Crippen LogP contribution in [-0.2, 0) is 4.79 Å². The molecule has 5 aromatic rings. The summed E-state index contributed by atoms with van der Waals surface area (Å²) in [5.74, 6) is -0.683. The monoisotopic (exact) mass is 492 g/mol. The van der Waals surface area contributed by atoms with Crippen LogP contribution in [0.3, 0.4) is 0 Å². The summed E-state index contributed by atoms with van der Waals surface area (Å²) in [6.45, 7) is 2.22. The highest BCUT2D eigenvalue weighted by Gasteiger charge is 2.23. The van der Waals surface area contributed by atoms with Gasteiger partial charge in [0.1, 0.15) is 5.82 Å². The minimum Gasteiger partial charge on any atom is -0.463 e. The first-order valence-corrected chi connectivity index (χ1v) is 12.0. The molecule has 7 heteroatoms. The molecule has 0 aliphatic heterocycles. The molecular weight excluding hydrogens is 467 g/mol. The van der Waals surface area contributed by atoms with Crippen LogP contribution in [0.25, 0.3) is 17.1 Å². The highest BCUT2D eigenvalue weighted by atomic mass is 19.1. The van der Waals surface area contributed by atoms with E-state index in [1.54, 1.807) is 42.5 Å². The highest BCUT2D eigenvalue weighted by molar-refractivity contribution is 5.98. The van der Waals surface area contributed by atoms with Gasteiger partial charge in [0.25, 0.3) is 0 Å². The third kappa shape index (κ3) is 5.26. The lowest BCUT2D eigenvalue weighted by Gasteiger charge is -2.18. The predicted molar refractivity (Wildman–Crippen MR) is 141 cm³/mol. The van der Waals surface area contributed by atoms with Gasteiger partial charge < -0.3 is 10.1 Å². The molecule has 6 nitrogen and oxygen atoms in total. The van der Waals surface area contributed by atoms with Gasteiger partial charge in [0.05, 0.1) is 23.8 Å². The van der Waals surface area contributed by atoms with Crippen molar-refractivity contribution in [2.45, 2.75) is 12.8 Å². The van der Waals surface area contributed by atoms with E-state index in [0.29, 0.717) is 29.4 Å². The third-order valence-corrected chi connectivity index (χ3v) is 5.88. The Labute approximate surface area is 214 Å². The number of aromatic nitrogens is 3. The lowest BCUT2D eigenvalue weighted by molar-refractivity contribution is -0.116. The number of halogens is 1. The molecule has 1 amide bonds. The first-order valence-electron chi connectivity index (χ1n) is 12.0.